The zero-order valence-corrected chi connectivity index (χ0v) is 8.29. The van der Waals surface area contributed by atoms with Gasteiger partial charge in [0.25, 0.3) is 0 Å². The number of rotatable bonds is 2. The van der Waals surface area contributed by atoms with Crippen LogP contribution in [0.3, 0.4) is 0 Å². The van der Waals surface area contributed by atoms with Crippen molar-refractivity contribution in [2.75, 3.05) is 0 Å². The van der Waals surface area contributed by atoms with Crippen LogP contribution in [0.4, 0.5) is 0 Å². The van der Waals surface area contributed by atoms with Gasteiger partial charge in [0, 0.05) is 0 Å². The van der Waals surface area contributed by atoms with Crippen molar-refractivity contribution in [3.05, 3.63) is 0 Å². The molecule has 1 aliphatic rings. The van der Waals surface area contributed by atoms with Crippen LogP contribution in [0.25, 0.3) is 0 Å². The maximum Gasteiger partial charge on any atom is 0.470 e. The van der Waals surface area contributed by atoms with Gasteiger partial charge >= 0.3 is 7.82 Å². The first kappa shape index (κ1) is 7.37. The van der Waals surface area contributed by atoms with Gasteiger partial charge in [-0.3, -0.25) is 4.52 Å². The standard InChI is InChI=1S/C6H13O9P/c7-1-2(8)4(10)6(5(11)3(1)9)15-16(12,13)14/h1-11H,(H2,12,13,14)/t1?,2-,3+,4-,5-,6?/m1/s1/i1D,2D,3D,4D,5D,6D. The minimum atomic E-state index is -5.89. The van der Waals surface area contributed by atoms with Crippen molar-refractivity contribution in [3.8, 4) is 0 Å². The highest BCUT2D eigenvalue weighted by molar-refractivity contribution is 7.46. The molecule has 0 heterocycles. The molecule has 2 unspecified atom stereocenters. The van der Waals surface area contributed by atoms with Crippen LogP contribution < -0.4 is 0 Å². The van der Waals surface area contributed by atoms with Crippen LogP contribution in [0.1, 0.15) is 8.22 Å². The van der Waals surface area contributed by atoms with Gasteiger partial charge in [-0.1, -0.05) is 0 Å². The van der Waals surface area contributed by atoms with Crippen LogP contribution in [0.15, 0.2) is 0 Å². The van der Waals surface area contributed by atoms with Gasteiger partial charge in [-0.25, -0.2) is 4.57 Å². The molecule has 9 nitrogen and oxygen atoms in total. The minimum absolute atomic E-state index is 3.57. The van der Waals surface area contributed by atoms with Crippen LogP contribution in [-0.4, -0.2) is 71.8 Å². The van der Waals surface area contributed by atoms with Crippen LogP contribution >= 0.6 is 7.82 Å². The molecule has 6 atom stereocenters. The molecule has 0 aromatic carbocycles. The summed E-state index contributed by atoms with van der Waals surface area (Å²) in [5.41, 5.74) is 0. The van der Waals surface area contributed by atoms with Crippen molar-refractivity contribution in [2.45, 2.75) is 36.5 Å². The van der Waals surface area contributed by atoms with E-state index in [1.807, 2.05) is 0 Å². The Kier molecular flexibility index (Phi) is 2.14. The van der Waals surface area contributed by atoms with Crippen molar-refractivity contribution < 1.29 is 52.6 Å². The third kappa shape index (κ3) is 2.77. The van der Waals surface area contributed by atoms with E-state index in [0.717, 1.165) is 0 Å². The van der Waals surface area contributed by atoms with Gasteiger partial charge in [-0.2, -0.15) is 0 Å². The summed E-state index contributed by atoms with van der Waals surface area (Å²) >= 11 is 0. The molecule has 0 aromatic rings. The molecule has 0 saturated heterocycles. The molecule has 10 heteroatoms. The van der Waals surface area contributed by atoms with Crippen LogP contribution in [0, 0.1) is 0 Å². The van der Waals surface area contributed by atoms with Gasteiger partial charge in [-0.05, 0) is 0 Å². The summed E-state index contributed by atoms with van der Waals surface area (Å²) in [6.45, 7) is 0. The fourth-order valence-electron chi connectivity index (χ4n) is 0.869. The van der Waals surface area contributed by atoms with Crippen molar-refractivity contribution >= 4 is 7.82 Å². The lowest BCUT2D eigenvalue weighted by molar-refractivity contribution is -0.219. The predicted octanol–water partition coefficient (Wildman–Crippen LogP) is -3.72. The molecule has 1 saturated carbocycles. The molecular weight excluding hydrogens is 247 g/mol. The molecule has 7 N–H and O–H groups in total. The summed E-state index contributed by atoms with van der Waals surface area (Å²) in [6.07, 6.45) is -26.6. The van der Waals surface area contributed by atoms with Gasteiger partial charge < -0.3 is 35.3 Å². The summed E-state index contributed by atoms with van der Waals surface area (Å²) in [6, 6.07) is 0. The number of hydrogen-bond acceptors (Lipinski definition) is 7. The summed E-state index contributed by atoms with van der Waals surface area (Å²) < 4.78 is 57.8. The van der Waals surface area contributed by atoms with Crippen molar-refractivity contribution in [1.29, 1.82) is 0 Å². The van der Waals surface area contributed by atoms with Gasteiger partial charge in [0.15, 0.2) is 0 Å². The van der Waals surface area contributed by atoms with E-state index < -0.39 is 44.3 Å². The Bertz CT molecular complexity index is 497. The Balaban J connectivity index is 3.81. The lowest BCUT2D eigenvalue weighted by atomic mass is 9.85. The van der Waals surface area contributed by atoms with E-state index in [1.165, 1.54) is 0 Å². The van der Waals surface area contributed by atoms with Crippen molar-refractivity contribution in [1.82, 2.24) is 0 Å². The largest absolute Gasteiger partial charge is 0.470 e. The molecular formula is C6H13O9P. The van der Waals surface area contributed by atoms with E-state index in [4.69, 9.17) is 18.0 Å². The zero-order chi connectivity index (χ0) is 18.2. The fourth-order valence-corrected chi connectivity index (χ4v) is 1.28. The molecule has 0 bridgehead atoms. The SMILES string of the molecule is [2H]C1(OP(=O)(O)O)[C@]([2H])(O)[C@@]([2H])(O)C([2H])(O)[C@@]([2H])(O)[C@@]1([2H])O. The average Bonchev–Trinajstić information content (AvgIpc) is 2.23. The fraction of sp³-hybridized carbons (Fsp3) is 1.00. The minimum Gasteiger partial charge on any atom is -0.387 e. The average molecular weight is 266 g/mol. The predicted molar refractivity (Wildman–Crippen MR) is 47.0 cm³/mol. The quantitative estimate of drug-likeness (QED) is 0.248. The van der Waals surface area contributed by atoms with E-state index in [0.29, 0.717) is 0 Å². The third-order valence-electron chi connectivity index (χ3n) is 1.54. The Labute approximate surface area is 98.2 Å². The van der Waals surface area contributed by atoms with Gasteiger partial charge in [0.05, 0.1) is 8.22 Å². The van der Waals surface area contributed by atoms with Gasteiger partial charge in [-0.15, -0.1) is 0 Å². The Morgan fingerprint density at radius 2 is 1.19 bits per heavy atom. The smallest absolute Gasteiger partial charge is 0.387 e. The molecule has 1 rings (SSSR count). The number of hydrogen-bond donors (Lipinski definition) is 7. The topological polar surface area (TPSA) is 168 Å². The van der Waals surface area contributed by atoms with E-state index in [9.17, 15) is 30.1 Å². The van der Waals surface area contributed by atoms with E-state index >= 15 is 0 Å². The molecule has 0 aliphatic heterocycles. The molecule has 96 valence electrons. The first-order valence-corrected chi connectivity index (χ1v) is 5.12. The maximum atomic E-state index is 10.8. The van der Waals surface area contributed by atoms with Crippen LogP contribution in [0.2, 0.25) is 0 Å². The highest BCUT2D eigenvalue weighted by atomic mass is 31.2. The number of phosphoric ester groups is 1. The molecule has 0 aromatic heterocycles. The van der Waals surface area contributed by atoms with E-state index in [1.54, 1.807) is 0 Å². The van der Waals surface area contributed by atoms with Crippen LogP contribution in [-0.2, 0) is 9.09 Å². The summed E-state index contributed by atoms with van der Waals surface area (Å²) in [7, 11) is -5.89. The Morgan fingerprint density at radius 3 is 1.50 bits per heavy atom. The first-order chi connectivity index (χ1) is 9.21. The monoisotopic (exact) mass is 266 g/mol. The summed E-state index contributed by atoms with van der Waals surface area (Å²) in [4.78, 5) is 17.3. The summed E-state index contributed by atoms with van der Waals surface area (Å²) in [5.74, 6) is 0. The number of aliphatic hydroxyl groups is 5. The molecule has 0 spiro atoms. The molecule has 16 heavy (non-hydrogen) atoms. The molecule has 1 fully saturated rings. The van der Waals surface area contributed by atoms with Crippen molar-refractivity contribution in [2.24, 2.45) is 0 Å². The molecule has 0 amide bonds. The zero-order valence-electron chi connectivity index (χ0n) is 13.4. The van der Waals surface area contributed by atoms with E-state index in [2.05, 4.69) is 4.52 Å². The van der Waals surface area contributed by atoms with E-state index in [-0.39, 0.29) is 0 Å². The van der Waals surface area contributed by atoms with Crippen molar-refractivity contribution in [3.63, 3.8) is 0 Å². The summed E-state index contributed by atoms with van der Waals surface area (Å²) in [5, 5.41) is 48.1. The Hall–Kier alpha value is -0.0900. The maximum absolute atomic E-state index is 10.8. The van der Waals surface area contributed by atoms with Gasteiger partial charge in [0.1, 0.15) is 36.5 Å². The molecule has 0 radical (unpaired) electrons. The lowest BCUT2D eigenvalue weighted by Gasteiger charge is -2.41. The second kappa shape index (κ2) is 4.65. The molecule has 1 aliphatic carbocycles. The van der Waals surface area contributed by atoms with Gasteiger partial charge in [0.2, 0.25) is 0 Å². The second-order valence-electron chi connectivity index (χ2n) is 2.65. The second-order valence-corrected chi connectivity index (χ2v) is 3.82. The lowest BCUT2D eigenvalue weighted by Crippen LogP contribution is -2.64. The highest BCUT2D eigenvalue weighted by Gasteiger charge is 2.50. The number of phosphoric acid groups is 1. The normalized spacial score (nSPS) is 78.7. The van der Waals surface area contributed by atoms with Crippen LogP contribution in [0.5, 0.6) is 0 Å². The third-order valence-corrected chi connectivity index (χ3v) is 1.96. The first-order valence-electron chi connectivity index (χ1n) is 6.59. The Morgan fingerprint density at radius 1 is 0.875 bits per heavy atom. The highest BCUT2D eigenvalue weighted by Crippen LogP contribution is 2.41.